The van der Waals surface area contributed by atoms with Crippen molar-refractivity contribution in [3.05, 3.63) is 47.7 Å². The van der Waals surface area contributed by atoms with Crippen molar-refractivity contribution >= 4 is 23.4 Å². The normalized spacial score (nSPS) is 23.3. The van der Waals surface area contributed by atoms with E-state index in [1.165, 1.54) is 4.52 Å². The maximum atomic E-state index is 13.4. The van der Waals surface area contributed by atoms with E-state index in [0.717, 1.165) is 32.8 Å². The SMILES string of the molecule is CCn1nccc1C(=O)N[C@H](c1cn2nc(CC3(C(=O)OC)CCC(C(F)(F)F)NC3=O)ccc2n1)C(C1CC1)C1CC1. The molecule has 3 fully saturated rings. The second kappa shape index (κ2) is 10.9. The van der Waals surface area contributed by atoms with E-state index in [1.54, 1.807) is 35.3 Å². The number of esters is 1. The first-order valence-corrected chi connectivity index (χ1v) is 14.7. The number of fused-ring (bicyclic) bond motifs is 1. The van der Waals surface area contributed by atoms with Gasteiger partial charge in [-0.15, -0.1) is 0 Å². The monoisotopic (exact) mass is 601 g/mol. The Balaban J connectivity index is 1.30. The molecule has 3 aromatic heterocycles. The zero-order chi connectivity index (χ0) is 30.5. The molecule has 0 radical (unpaired) electrons. The Bertz CT molecular complexity index is 1530. The summed E-state index contributed by atoms with van der Waals surface area (Å²) >= 11 is 0. The summed E-state index contributed by atoms with van der Waals surface area (Å²) in [5.41, 5.74) is 0.0850. The van der Waals surface area contributed by atoms with Crippen molar-refractivity contribution in [1.29, 1.82) is 0 Å². The predicted molar refractivity (Wildman–Crippen MR) is 145 cm³/mol. The van der Waals surface area contributed by atoms with Crippen LogP contribution in [0.1, 0.15) is 73.4 Å². The molecule has 6 rings (SSSR count). The van der Waals surface area contributed by atoms with Crippen molar-refractivity contribution in [3.63, 3.8) is 0 Å². The number of rotatable bonds is 10. The zero-order valence-electron chi connectivity index (χ0n) is 23.9. The van der Waals surface area contributed by atoms with E-state index < -0.39 is 35.9 Å². The van der Waals surface area contributed by atoms with Crippen molar-refractivity contribution in [2.45, 2.75) is 76.7 Å². The van der Waals surface area contributed by atoms with Gasteiger partial charge in [-0.3, -0.25) is 19.1 Å². The van der Waals surface area contributed by atoms with E-state index in [4.69, 9.17) is 9.72 Å². The van der Waals surface area contributed by atoms with Crippen molar-refractivity contribution < 1.29 is 32.3 Å². The zero-order valence-corrected chi connectivity index (χ0v) is 23.9. The maximum Gasteiger partial charge on any atom is 0.408 e. The number of amides is 2. The Labute approximate surface area is 245 Å². The molecule has 2 aliphatic carbocycles. The fraction of sp³-hybridized carbons (Fsp3) is 0.586. The van der Waals surface area contributed by atoms with Crippen LogP contribution in [0.25, 0.3) is 5.65 Å². The molecular formula is C29H34F3N7O4. The van der Waals surface area contributed by atoms with Crippen LogP contribution in [-0.2, 0) is 27.3 Å². The maximum absolute atomic E-state index is 13.4. The number of methoxy groups -OCH3 is 1. The minimum Gasteiger partial charge on any atom is -0.468 e. The minimum absolute atomic E-state index is 0.224. The molecule has 0 aromatic carbocycles. The first kappa shape index (κ1) is 29.1. The lowest BCUT2D eigenvalue weighted by Gasteiger charge is -2.37. The van der Waals surface area contributed by atoms with Crippen LogP contribution in [0.2, 0.25) is 0 Å². The summed E-state index contributed by atoms with van der Waals surface area (Å²) in [5.74, 6) is -0.972. The van der Waals surface area contributed by atoms with Gasteiger partial charge in [-0.1, -0.05) is 0 Å². The number of nitrogens with one attached hydrogen (secondary N) is 2. The van der Waals surface area contributed by atoms with Gasteiger partial charge in [0.25, 0.3) is 5.91 Å². The Morgan fingerprint density at radius 1 is 1.16 bits per heavy atom. The summed E-state index contributed by atoms with van der Waals surface area (Å²) in [6, 6.07) is 2.59. The van der Waals surface area contributed by atoms with Gasteiger partial charge >= 0.3 is 12.1 Å². The van der Waals surface area contributed by atoms with Crippen LogP contribution >= 0.6 is 0 Å². The number of carbonyl (C=O) groups excluding carboxylic acids is 3. The number of hydrogen-bond acceptors (Lipinski definition) is 7. The molecule has 3 atom stereocenters. The highest BCUT2D eigenvalue weighted by Crippen LogP contribution is 2.54. The first-order chi connectivity index (χ1) is 20.5. The van der Waals surface area contributed by atoms with Crippen LogP contribution in [0.5, 0.6) is 0 Å². The highest BCUT2D eigenvalue weighted by molar-refractivity contribution is 6.03. The third-order valence-corrected chi connectivity index (χ3v) is 9.02. The first-order valence-electron chi connectivity index (χ1n) is 14.7. The number of halogens is 3. The van der Waals surface area contributed by atoms with Gasteiger partial charge in [0.2, 0.25) is 5.91 Å². The largest absolute Gasteiger partial charge is 0.468 e. The van der Waals surface area contributed by atoms with Crippen LogP contribution in [0.15, 0.2) is 30.6 Å². The second-order valence-corrected chi connectivity index (χ2v) is 11.9. The lowest BCUT2D eigenvalue weighted by molar-refractivity contribution is -0.181. The molecule has 14 heteroatoms. The fourth-order valence-electron chi connectivity index (χ4n) is 6.49. The van der Waals surface area contributed by atoms with Gasteiger partial charge in [0, 0.05) is 19.2 Å². The summed E-state index contributed by atoms with van der Waals surface area (Å²) < 4.78 is 47.9. The van der Waals surface area contributed by atoms with E-state index in [0.29, 0.717) is 41.1 Å². The summed E-state index contributed by atoms with van der Waals surface area (Å²) in [6.45, 7) is 2.47. The van der Waals surface area contributed by atoms with Crippen molar-refractivity contribution in [1.82, 2.24) is 35.0 Å². The van der Waals surface area contributed by atoms with Gasteiger partial charge in [0.1, 0.15) is 11.7 Å². The van der Waals surface area contributed by atoms with E-state index in [-0.39, 0.29) is 30.7 Å². The molecule has 2 amide bonds. The molecular weight excluding hydrogens is 567 g/mol. The van der Waals surface area contributed by atoms with Gasteiger partial charge < -0.3 is 15.4 Å². The lowest BCUT2D eigenvalue weighted by Crippen LogP contribution is -2.59. The Hall–Kier alpha value is -3.97. The molecule has 4 heterocycles. The summed E-state index contributed by atoms with van der Waals surface area (Å²) in [7, 11) is 1.10. The number of carbonyl (C=O) groups is 3. The highest BCUT2D eigenvalue weighted by Gasteiger charge is 2.55. The number of nitrogens with zero attached hydrogens (tertiary/aromatic N) is 5. The highest BCUT2D eigenvalue weighted by atomic mass is 19.4. The molecule has 2 N–H and O–H groups in total. The molecule has 2 unspecified atom stereocenters. The van der Waals surface area contributed by atoms with Crippen molar-refractivity contribution in [2.75, 3.05) is 7.11 Å². The third kappa shape index (κ3) is 5.58. The smallest absolute Gasteiger partial charge is 0.408 e. The number of aromatic nitrogens is 5. The quantitative estimate of drug-likeness (QED) is 0.269. The molecule has 230 valence electrons. The molecule has 0 spiro atoms. The minimum atomic E-state index is -4.62. The van der Waals surface area contributed by atoms with Gasteiger partial charge in [-0.2, -0.15) is 23.4 Å². The average Bonchev–Trinajstić information content (AvgIpc) is 3.91. The number of ether oxygens (including phenoxy) is 1. The molecule has 1 saturated heterocycles. The van der Waals surface area contributed by atoms with Gasteiger partial charge in [-0.05, 0) is 81.4 Å². The standard InChI is InChI=1S/C29H34F3N7O4/c1-3-38-20(11-13-33-38)25(40)36-24(23(16-4-5-16)17-6-7-17)19-15-39-22(34-19)9-8-18(37-39)14-28(27(42)43-2)12-10-21(29(30,31)32)35-26(28)41/h8-9,11,13,15-17,21,23-24H,3-7,10,12,14H2,1-2H3,(H,35,41)(H,36,40)/t21?,24-,28?/m1/s1. The van der Waals surface area contributed by atoms with E-state index in [2.05, 4.69) is 15.5 Å². The third-order valence-electron chi connectivity index (χ3n) is 9.02. The summed E-state index contributed by atoms with van der Waals surface area (Å²) in [6.07, 6.45) is 2.08. The number of aryl methyl sites for hydroxylation is 1. The number of imidazole rings is 1. The van der Waals surface area contributed by atoms with E-state index in [9.17, 15) is 27.6 Å². The van der Waals surface area contributed by atoms with Crippen LogP contribution in [-0.4, -0.2) is 61.5 Å². The molecule has 3 aliphatic rings. The number of alkyl halides is 3. The fourth-order valence-corrected chi connectivity index (χ4v) is 6.49. The Morgan fingerprint density at radius 3 is 2.49 bits per heavy atom. The van der Waals surface area contributed by atoms with E-state index in [1.807, 2.05) is 12.2 Å². The van der Waals surface area contributed by atoms with Crippen molar-refractivity contribution in [2.24, 2.45) is 23.2 Å². The molecule has 11 nitrogen and oxygen atoms in total. The topological polar surface area (TPSA) is 133 Å². The van der Waals surface area contributed by atoms with Gasteiger partial charge in [0.15, 0.2) is 11.1 Å². The molecule has 0 bridgehead atoms. The predicted octanol–water partition coefficient (Wildman–Crippen LogP) is 3.40. The van der Waals surface area contributed by atoms with Crippen molar-refractivity contribution in [3.8, 4) is 0 Å². The second-order valence-electron chi connectivity index (χ2n) is 11.9. The van der Waals surface area contributed by atoms with Crippen LogP contribution in [0, 0.1) is 23.2 Å². The van der Waals surface area contributed by atoms with E-state index >= 15 is 0 Å². The van der Waals surface area contributed by atoms with Gasteiger partial charge in [0.05, 0.1) is 30.7 Å². The average molecular weight is 602 g/mol. The van der Waals surface area contributed by atoms with Gasteiger partial charge in [-0.25, -0.2) is 9.50 Å². The Kier molecular flexibility index (Phi) is 7.41. The Morgan fingerprint density at radius 2 is 1.88 bits per heavy atom. The summed E-state index contributed by atoms with van der Waals surface area (Å²) in [5, 5.41) is 14.0. The number of hydrogen-bond donors (Lipinski definition) is 2. The summed E-state index contributed by atoms with van der Waals surface area (Å²) in [4.78, 5) is 44.0. The molecule has 3 aromatic rings. The lowest BCUT2D eigenvalue weighted by atomic mass is 9.74. The number of piperidine rings is 1. The van der Waals surface area contributed by atoms with Crippen LogP contribution in [0.3, 0.4) is 0 Å². The molecule has 43 heavy (non-hydrogen) atoms. The molecule has 2 saturated carbocycles. The molecule has 1 aliphatic heterocycles. The van der Waals surface area contributed by atoms with Crippen LogP contribution < -0.4 is 10.6 Å². The van der Waals surface area contributed by atoms with Crippen LogP contribution in [0.4, 0.5) is 13.2 Å².